The van der Waals surface area contributed by atoms with Gasteiger partial charge >= 0.3 is 12.3 Å². The molecule has 0 amide bonds. The minimum Gasteiger partial charge on any atom is -0.494 e. The Morgan fingerprint density at radius 3 is 2.41 bits per heavy atom. The fourth-order valence-corrected chi connectivity index (χ4v) is 3.36. The average molecular weight is 432 g/mol. The zero-order valence-corrected chi connectivity index (χ0v) is 15.3. The lowest BCUT2D eigenvalue weighted by molar-refractivity contribution is -0.281. The Labute approximate surface area is 161 Å². The van der Waals surface area contributed by atoms with Crippen LogP contribution in [0.5, 0.6) is 11.7 Å². The second-order valence-electron chi connectivity index (χ2n) is 5.63. The van der Waals surface area contributed by atoms with Crippen LogP contribution in [0.1, 0.15) is 0 Å². The summed E-state index contributed by atoms with van der Waals surface area (Å²) < 4.78 is 89.7. The van der Waals surface area contributed by atoms with E-state index in [0.717, 1.165) is 12.1 Å². The van der Waals surface area contributed by atoms with Gasteiger partial charge in [-0.2, -0.15) is 0 Å². The third-order valence-corrected chi connectivity index (χ3v) is 4.73. The molecule has 2 N–H and O–H groups in total. The molecule has 0 unspecified atom stereocenters. The number of rotatable bonds is 5. The molecule has 0 fully saturated rings. The van der Waals surface area contributed by atoms with Gasteiger partial charge in [-0.3, -0.25) is 0 Å². The standard InChI is InChI=1S/C17H12F4N2O5S/c1-26-12-7-6-9(8-11(12)18)15-14(16(28-23-15)27-17(19,20)21)10-4-2-3-5-13(10)29(22,24)25/h2-8H,1H3,(H2,22,24,25). The number of ether oxygens (including phenoxy) is 2. The summed E-state index contributed by atoms with van der Waals surface area (Å²) in [6, 6.07) is 8.45. The van der Waals surface area contributed by atoms with Gasteiger partial charge in [0.2, 0.25) is 10.0 Å². The molecule has 0 aliphatic carbocycles. The van der Waals surface area contributed by atoms with Crippen molar-refractivity contribution in [2.75, 3.05) is 7.11 Å². The van der Waals surface area contributed by atoms with Crippen LogP contribution in [0.4, 0.5) is 17.6 Å². The van der Waals surface area contributed by atoms with Crippen molar-refractivity contribution in [1.29, 1.82) is 0 Å². The molecule has 0 bridgehead atoms. The highest BCUT2D eigenvalue weighted by Gasteiger charge is 2.37. The number of benzene rings is 2. The van der Waals surface area contributed by atoms with Crippen LogP contribution in [-0.4, -0.2) is 27.0 Å². The van der Waals surface area contributed by atoms with Crippen LogP contribution in [0.25, 0.3) is 22.4 Å². The van der Waals surface area contributed by atoms with Gasteiger partial charge in [0.25, 0.3) is 0 Å². The van der Waals surface area contributed by atoms with Crippen LogP contribution in [-0.2, 0) is 10.0 Å². The Kier molecular flexibility index (Phi) is 5.24. The Hall–Kier alpha value is -3.12. The minimum absolute atomic E-state index is 0.0108. The van der Waals surface area contributed by atoms with Crippen LogP contribution in [0.3, 0.4) is 0 Å². The van der Waals surface area contributed by atoms with E-state index in [1.807, 2.05) is 0 Å². The minimum atomic E-state index is -5.16. The molecule has 0 aliphatic heterocycles. The number of nitrogens with zero attached hydrogens (tertiary/aromatic N) is 1. The van der Waals surface area contributed by atoms with Crippen LogP contribution >= 0.6 is 0 Å². The van der Waals surface area contributed by atoms with Gasteiger partial charge in [-0.05, 0) is 24.3 Å². The van der Waals surface area contributed by atoms with Crippen LogP contribution in [0.15, 0.2) is 51.9 Å². The van der Waals surface area contributed by atoms with Crippen molar-refractivity contribution in [3.8, 4) is 34.1 Å². The van der Waals surface area contributed by atoms with Crippen LogP contribution < -0.4 is 14.6 Å². The fourth-order valence-electron chi connectivity index (χ4n) is 2.62. The molecule has 3 aromatic rings. The molecule has 7 nitrogen and oxygen atoms in total. The summed E-state index contributed by atoms with van der Waals surface area (Å²) in [6.07, 6.45) is -5.16. The van der Waals surface area contributed by atoms with E-state index in [2.05, 4.69) is 14.4 Å². The molecule has 1 aromatic heterocycles. The highest BCUT2D eigenvalue weighted by molar-refractivity contribution is 7.89. The zero-order valence-electron chi connectivity index (χ0n) is 14.5. The van der Waals surface area contributed by atoms with Crippen molar-refractivity contribution in [2.24, 2.45) is 5.14 Å². The second-order valence-corrected chi connectivity index (χ2v) is 7.16. The maximum Gasteiger partial charge on any atom is 0.575 e. The van der Waals surface area contributed by atoms with Crippen molar-refractivity contribution in [3.05, 3.63) is 48.3 Å². The van der Waals surface area contributed by atoms with Crippen molar-refractivity contribution >= 4 is 10.0 Å². The van der Waals surface area contributed by atoms with Gasteiger partial charge in [0.15, 0.2) is 11.6 Å². The van der Waals surface area contributed by atoms with E-state index in [-0.39, 0.29) is 22.6 Å². The Balaban J connectivity index is 2.30. The molecule has 0 saturated heterocycles. The maximum absolute atomic E-state index is 14.1. The van der Waals surface area contributed by atoms with Gasteiger partial charge in [-0.25, -0.2) is 17.9 Å². The molecule has 2 aromatic carbocycles. The normalized spacial score (nSPS) is 12.1. The number of aromatic nitrogens is 1. The quantitative estimate of drug-likeness (QED) is 0.617. The van der Waals surface area contributed by atoms with E-state index in [4.69, 9.17) is 9.88 Å². The summed E-state index contributed by atoms with van der Waals surface area (Å²) in [5.41, 5.74) is -1.02. The smallest absolute Gasteiger partial charge is 0.494 e. The first-order valence-electron chi connectivity index (χ1n) is 7.73. The molecule has 0 atom stereocenters. The summed E-state index contributed by atoms with van der Waals surface area (Å²) >= 11 is 0. The van der Waals surface area contributed by atoms with E-state index in [9.17, 15) is 26.0 Å². The van der Waals surface area contributed by atoms with Crippen molar-refractivity contribution in [3.63, 3.8) is 0 Å². The first-order chi connectivity index (χ1) is 13.5. The monoisotopic (exact) mass is 432 g/mol. The topological polar surface area (TPSA) is 105 Å². The van der Waals surface area contributed by atoms with E-state index in [1.54, 1.807) is 0 Å². The molecule has 0 spiro atoms. The largest absolute Gasteiger partial charge is 0.575 e. The zero-order chi connectivity index (χ0) is 21.4. The lowest BCUT2D eigenvalue weighted by Crippen LogP contribution is -2.17. The Bertz CT molecular complexity index is 1160. The van der Waals surface area contributed by atoms with Gasteiger partial charge in [-0.15, -0.1) is 13.2 Å². The van der Waals surface area contributed by atoms with Gasteiger partial charge in [0.1, 0.15) is 5.69 Å². The van der Waals surface area contributed by atoms with Crippen LogP contribution in [0.2, 0.25) is 0 Å². The number of primary sulfonamides is 1. The third-order valence-electron chi connectivity index (χ3n) is 3.76. The van der Waals surface area contributed by atoms with Gasteiger partial charge in [0.05, 0.1) is 17.6 Å². The number of hydrogen-bond acceptors (Lipinski definition) is 6. The molecule has 0 saturated carbocycles. The van der Waals surface area contributed by atoms with E-state index < -0.39 is 38.6 Å². The number of hydrogen-bond donors (Lipinski definition) is 1. The second kappa shape index (κ2) is 7.37. The van der Waals surface area contributed by atoms with Crippen molar-refractivity contribution < 1.29 is 40.0 Å². The van der Waals surface area contributed by atoms with E-state index >= 15 is 0 Å². The van der Waals surface area contributed by atoms with Crippen LogP contribution in [0, 0.1) is 5.82 Å². The summed E-state index contributed by atoms with van der Waals surface area (Å²) in [7, 11) is -3.10. The molecule has 154 valence electrons. The summed E-state index contributed by atoms with van der Waals surface area (Å²) in [4.78, 5) is -0.495. The van der Waals surface area contributed by atoms with Crippen molar-refractivity contribution in [1.82, 2.24) is 5.16 Å². The number of halogens is 4. The first-order valence-corrected chi connectivity index (χ1v) is 9.27. The molecule has 29 heavy (non-hydrogen) atoms. The number of nitrogens with two attached hydrogens (primary N) is 1. The van der Waals surface area contributed by atoms with Crippen molar-refractivity contribution in [2.45, 2.75) is 11.3 Å². The van der Waals surface area contributed by atoms with E-state index in [0.29, 0.717) is 0 Å². The average Bonchev–Trinajstić information content (AvgIpc) is 3.02. The van der Waals surface area contributed by atoms with Gasteiger partial charge < -0.3 is 14.0 Å². The van der Waals surface area contributed by atoms with E-state index in [1.165, 1.54) is 37.4 Å². The predicted molar refractivity (Wildman–Crippen MR) is 91.9 cm³/mol. The Morgan fingerprint density at radius 1 is 1.14 bits per heavy atom. The summed E-state index contributed by atoms with van der Waals surface area (Å²) in [5, 5.41) is 8.70. The third kappa shape index (κ3) is 4.32. The number of methoxy groups -OCH3 is 1. The first kappa shape index (κ1) is 20.6. The molecule has 0 aliphatic rings. The highest BCUT2D eigenvalue weighted by Crippen LogP contribution is 2.43. The molecule has 12 heteroatoms. The molecular weight excluding hydrogens is 420 g/mol. The Morgan fingerprint density at radius 2 is 1.83 bits per heavy atom. The predicted octanol–water partition coefficient (Wildman–Crippen LogP) is 3.70. The molecule has 1 heterocycles. The summed E-state index contributed by atoms with van der Waals surface area (Å²) in [6.45, 7) is 0. The highest BCUT2D eigenvalue weighted by atomic mass is 32.2. The molecule has 0 radical (unpaired) electrons. The maximum atomic E-state index is 14.1. The molecule has 3 rings (SSSR count). The molecular formula is C17H12F4N2O5S. The SMILES string of the molecule is COc1ccc(-c2noc(OC(F)(F)F)c2-c2ccccc2S(N)(=O)=O)cc1F. The lowest BCUT2D eigenvalue weighted by Gasteiger charge is -2.11. The summed E-state index contributed by atoms with van der Waals surface area (Å²) in [5.74, 6) is -2.06. The van der Waals surface area contributed by atoms with Gasteiger partial charge in [0, 0.05) is 11.1 Å². The fraction of sp³-hybridized carbons (Fsp3) is 0.118. The lowest BCUT2D eigenvalue weighted by atomic mass is 10.0. The van der Waals surface area contributed by atoms with Gasteiger partial charge in [-0.1, -0.05) is 23.4 Å². The number of alkyl halides is 3. The number of sulfonamides is 1.